The van der Waals surface area contributed by atoms with Crippen LogP contribution in [0.1, 0.15) is 41.6 Å². The van der Waals surface area contributed by atoms with E-state index in [1.807, 2.05) is 12.1 Å². The van der Waals surface area contributed by atoms with Crippen LogP contribution in [-0.4, -0.2) is 32.6 Å². The fourth-order valence-corrected chi connectivity index (χ4v) is 3.58. The van der Waals surface area contributed by atoms with E-state index in [4.69, 9.17) is 4.42 Å². The monoisotopic (exact) mass is 364 g/mol. The van der Waals surface area contributed by atoms with Crippen LogP contribution in [0.3, 0.4) is 0 Å². The third kappa shape index (κ3) is 3.33. The van der Waals surface area contributed by atoms with Crippen molar-refractivity contribution >= 4 is 5.65 Å². The number of piperidine rings is 1. The first-order valence-electron chi connectivity index (χ1n) is 8.59. The molecule has 138 valence electrons. The molecule has 0 unspecified atom stereocenters. The fraction of sp³-hybridized carbons (Fsp3) is 0.444. The van der Waals surface area contributed by atoms with Crippen LogP contribution < -0.4 is 0 Å². The van der Waals surface area contributed by atoms with E-state index in [0.29, 0.717) is 24.5 Å². The van der Waals surface area contributed by atoms with Gasteiger partial charge in [-0.1, -0.05) is 0 Å². The Labute approximate surface area is 148 Å². The Morgan fingerprint density at radius 1 is 1.31 bits per heavy atom. The highest BCUT2D eigenvalue weighted by Crippen LogP contribution is 2.33. The van der Waals surface area contributed by atoms with Crippen LogP contribution in [0.2, 0.25) is 0 Å². The van der Waals surface area contributed by atoms with Gasteiger partial charge in [0.15, 0.2) is 5.65 Å². The highest BCUT2D eigenvalue weighted by molar-refractivity contribution is 5.43. The predicted octanol–water partition coefficient (Wildman–Crippen LogP) is 4.03. The number of aryl methyl sites for hydroxylation is 1. The zero-order chi connectivity index (χ0) is 18.3. The van der Waals surface area contributed by atoms with Gasteiger partial charge in [-0.05, 0) is 44.5 Å². The standard InChI is InChI=1S/C18H19F3N4O/c1-12-8-17-22-15(9-16(18(19,20)21)25(17)23-12)13-4-2-6-24(10-13)11-14-5-3-7-26-14/h3,5,7-9,13H,2,4,6,10-11H2,1H3/t13-/m1/s1. The molecule has 26 heavy (non-hydrogen) atoms. The van der Waals surface area contributed by atoms with Gasteiger partial charge in [0.2, 0.25) is 0 Å². The van der Waals surface area contributed by atoms with Gasteiger partial charge in [-0.3, -0.25) is 4.90 Å². The topological polar surface area (TPSA) is 46.6 Å². The summed E-state index contributed by atoms with van der Waals surface area (Å²) >= 11 is 0. The van der Waals surface area contributed by atoms with E-state index < -0.39 is 11.9 Å². The van der Waals surface area contributed by atoms with Gasteiger partial charge >= 0.3 is 6.18 Å². The van der Waals surface area contributed by atoms with E-state index in [2.05, 4.69) is 15.0 Å². The summed E-state index contributed by atoms with van der Waals surface area (Å²) in [6.07, 6.45) is -1.11. The Bertz CT molecular complexity index is 901. The van der Waals surface area contributed by atoms with E-state index in [0.717, 1.165) is 35.7 Å². The van der Waals surface area contributed by atoms with E-state index in [9.17, 15) is 13.2 Å². The third-order valence-corrected chi connectivity index (χ3v) is 4.74. The molecule has 1 atom stereocenters. The first kappa shape index (κ1) is 17.1. The Balaban J connectivity index is 1.65. The van der Waals surface area contributed by atoms with Crippen molar-refractivity contribution in [2.45, 2.75) is 38.4 Å². The van der Waals surface area contributed by atoms with Gasteiger partial charge in [-0.15, -0.1) is 0 Å². The van der Waals surface area contributed by atoms with Crippen molar-refractivity contribution in [3.8, 4) is 0 Å². The number of nitrogens with zero attached hydrogens (tertiary/aromatic N) is 4. The van der Waals surface area contributed by atoms with Gasteiger partial charge in [0.1, 0.15) is 11.5 Å². The molecular formula is C18H19F3N4O. The third-order valence-electron chi connectivity index (χ3n) is 4.74. The van der Waals surface area contributed by atoms with Crippen molar-refractivity contribution in [1.29, 1.82) is 0 Å². The summed E-state index contributed by atoms with van der Waals surface area (Å²) in [6.45, 7) is 3.88. The van der Waals surface area contributed by atoms with Crippen molar-refractivity contribution in [3.63, 3.8) is 0 Å². The molecule has 0 amide bonds. The Morgan fingerprint density at radius 2 is 2.15 bits per heavy atom. The molecule has 1 aliphatic rings. The molecule has 3 aromatic heterocycles. The molecule has 0 spiro atoms. The number of furan rings is 1. The average Bonchev–Trinajstić information content (AvgIpc) is 3.21. The molecule has 8 heteroatoms. The maximum Gasteiger partial charge on any atom is 0.433 e. The van der Waals surface area contributed by atoms with E-state index in [-0.39, 0.29) is 11.6 Å². The van der Waals surface area contributed by atoms with Gasteiger partial charge in [-0.25, -0.2) is 9.50 Å². The number of hydrogen-bond donors (Lipinski definition) is 0. The molecule has 0 radical (unpaired) electrons. The highest BCUT2D eigenvalue weighted by atomic mass is 19.4. The number of hydrogen-bond acceptors (Lipinski definition) is 4. The molecule has 0 bridgehead atoms. The first-order chi connectivity index (χ1) is 12.4. The summed E-state index contributed by atoms with van der Waals surface area (Å²) in [5, 5.41) is 3.94. The lowest BCUT2D eigenvalue weighted by Crippen LogP contribution is -2.34. The van der Waals surface area contributed by atoms with Gasteiger partial charge in [0, 0.05) is 24.2 Å². The molecule has 4 heterocycles. The van der Waals surface area contributed by atoms with Crippen LogP contribution in [0.5, 0.6) is 0 Å². The number of halogens is 3. The first-order valence-corrected chi connectivity index (χ1v) is 8.59. The van der Waals surface area contributed by atoms with Crippen LogP contribution >= 0.6 is 0 Å². The van der Waals surface area contributed by atoms with E-state index in [1.54, 1.807) is 19.3 Å². The maximum absolute atomic E-state index is 13.5. The van der Waals surface area contributed by atoms with Crippen LogP contribution in [0.4, 0.5) is 13.2 Å². The molecule has 5 nitrogen and oxygen atoms in total. The second kappa shape index (κ2) is 6.42. The summed E-state index contributed by atoms with van der Waals surface area (Å²) in [6, 6.07) is 6.48. The summed E-state index contributed by atoms with van der Waals surface area (Å²) < 4.78 is 46.7. The van der Waals surface area contributed by atoms with Crippen molar-refractivity contribution in [1.82, 2.24) is 19.5 Å². The quantitative estimate of drug-likeness (QED) is 0.704. The molecule has 4 rings (SSSR count). The lowest BCUT2D eigenvalue weighted by Gasteiger charge is -2.32. The summed E-state index contributed by atoms with van der Waals surface area (Å²) in [4.78, 5) is 6.68. The number of fused-ring (bicyclic) bond motifs is 1. The smallest absolute Gasteiger partial charge is 0.433 e. The normalized spacial score (nSPS) is 19.3. The second-order valence-electron chi connectivity index (χ2n) is 6.77. The molecule has 0 aromatic carbocycles. The molecule has 1 aliphatic heterocycles. The lowest BCUT2D eigenvalue weighted by atomic mass is 9.94. The molecule has 1 fully saturated rings. The van der Waals surface area contributed by atoms with Crippen molar-refractivity contribution in [2.75, 3.05) is 13.1 Å². The van der Waals surface area contributed by atoms with E-state index in [1.165, 1.54) is 0 Å². The molecule has 0 N–H and O–H groups in total. The summed E-state index contributed by atoms with van der Waals surface area (Å²) in [5.41, 5.74) is 0.473. The molecule has 0 saturated carbocycles. The van der Waals surface area contributed by atoms with Gasteiger partial charge < -0.3 is 4.42 Å². The van der Waals surface area contributed by atoms with Gasteiger partial charge in [-0.2, -0.15) is 18.3 Å². The van der Waals surface area contributed by atoms with E-state index >= 15 is 0 Å². The largest absolute Gasteiger partial charge is 0.468 e. The number of rotatable bonds is 3. The van der Waals surface area contributed by atoms with Crippen LogP contribution in [0.25, 0.3) is 5.65 Å². The number of alkyl halides is 3. The molecule has 0 aliphatic carbocycles. The SMILES string of the molecule is Cc1cc2nc([C@@H]3CCCN(Cc4ccco4)C3)cc(C(F)(F)F)n2n1. The highest BCUT2D eigenvalue weighted by Gasteiger charge is 2.36. The zero-order valence-corrected chi connectivity index (χ0v) is 14.3. The number of aromatic nitrogens is 3. The lowest BCUT2D eigenvalue weighted by molar-refractivity contribution is -0.142. The Kier molecular flexibility index (Phi) is 4.22. The van der Waals surface area contributed by atoms with Crippen molar-refractivity contribution in [2.24, 2.45) is 0 Å². The fourth-order valence-electron chi connectivity index (χ4n) is 3.58. The Morgan fingerprint density at radius 3 is 2.88 bits per heavy atom. The molecular weight excluding hydrogens is 345 g/mol. The minimum absolute atomic E-state index is 0.0416. The molecule has 3 aromatic rings. The summed E-state index contributed by atoms with van der Waals surface area (Å²) in [5.74, 6) is 0.816. The second-order valence-corrected chi connectivity index (χ2v) is 6.77. The molecule has 1 saturated heterocycles. The average molecular weight is 364 g/mol. The van der Waals surface area contributed by atoms with Crippen molar-refractivity contribution < 1.29 is 17.6 Å². The van der Waals surface area contributed by atoms with Crippen LogP contribution in [0.15, 0.2) is 34.9 Å². The zero-order valence-electron chi connectivity index (χ0n) is 14.3. The predicted molar refractivity (Wildman–Crippen MR) is 88.7 cm³/mol. The van der Waals surface area contributed by atoms with Crippen molar-refractivity contribution in [3.05, 3.63) is 53.4 Å². The summed E-state index contributed by atoms with van der Waals surface area (Å²) in [7, 11) is 0. The van der Waals surface area contributed by atoms with Crippen LogP contribution in [0, 0.1) is 6.92 Å². The maximum atomic E-state index is 13.5. The van der Waals surface area contributed by atoms with Crippen LogP contribution in [-0.2, 0) is 12.7 Å². The minimum Gasteiger partial charge on any atom is -0.468 e. The van der Waals surface area contributed by atoms with Gasteiger partial charge in [0.05, 0.1) is 18.5 Å². The van der Waals surface area contributed by atoms with Gasteiger partial charge in [0.25, 0.3) is 0 Å². The number of likely N-dealkylation sites (tertiary alicyclic amines) is 1. The Hall–Kier alpha value is -2.35. The minimum atomic E-state index is -4.48.